The fraction of sp³-hybridized carbons (Fsp3) is 0.846. The van der Waals surface area contributed by atoms with E-state index in [9.17, 15) is 9.59 Å². The van der Waals surface area contributed by atoms with Gasteiger partial charge in [-0.3, -0.25) is 4.79 Å². The number of hydrogen-bond acceptors (Lipinski definition) is 5. The van der Waals surface area contributed by atoms with Crippen LogP contribution in [0, 0.1) is 0 Å². The Labute approximate surface area is 119 Å². The van der Waals surface area contributed by atoms with Gasteiger partial charge in [0, 0.05) is 12.1 Å². The van der Waals surface area contributed by atoms with E-state index in [1.54, 1.807) is 0 Å². The molecular weight excluding hydrogens is 264 g/mol. The Kier molecular flexibility index (Phi) is 9.11. The number of carbonyl (C=O) groups excluding carboxylic acids is 1. The van der Waals surface area contributed by atoms with Crippen molar-refractivity contribution in [3.8, 4) is 0 Å². The first kappa shape index (κ1) is 18.8. The molecule has 1 atom stereocenters. The molecule has 0 aromatic carbocycles. The van der Waals surface area contributed by atoms with Crippen LogP contribution in [-0.4, -0.2) is 55.0 Å². The lowest BCUT2D eigenvalue weighted by atomic mass is 10.0. The van der Waals surface area contributed by atoms with Gasteiger partial charge in [-0.25, -0.2) is 4.79 Å². The summed E-state index contributed by atoms with van der Waals surface area (Å²) in [6, 6.07) is 0. The van der Waals surface area contributed by atoms with Crippen molar-refractivity contribution in [3.63, 3.8) is 0 Å². The Bertz CT molecular complexity index is 307. The van der Waals surface area contributed by atoms with Crippen molar-refractivity contribution in [2.24, 2.45) is 5.73 Å². The van der Waals surface area contributed by atoms with Crippen LogP contribution >= 0.6 is 0 Å². The van der Waals surface area contributed by atoms with Gasteiger partial charge >= 0.3 is 5.97 Å². The summed E-state index contributed by atoms with van der Waals surface area (Å²) in [6.07, 6.45) is 1.55. The number of carboxylic acid groups (broad SMARTS) is 1. The predicted molar refractivity (Wildman–Crippen MR) is 74.4 cm³/mol. The van der Waals surface area contributed by atoms with Gasteiger partial charge in [0.25, 0.3) is 0 Å². The molecule has 0 spiro atoms. The van der Waals surface area contributed by atoms with Gasteiger partial charge in [0.05, 0.1) is 6.10 Å². The van der Waals surface area contributed by atoms with E-state index in [1.807, 2.05) is 20.8 Å². The highest BCUT2D eigenvalue weighted by molar-refractivity contribution is 5.78. The van der Waals surface area contributed by atoms with Crippen molar-refractivity contribution in [2.45, 2.75) is 45.3 Å². The molecule has 0 heterocycles. The van der Waals surface area contributed by atoms with Crippen LogP contribution in [0.15, 0.2) is 0 Å². The largest absolute Gasteiger partial charge is 0.480 e. The van der Waals surface area contributed by atoms with Crippen LogP contribution in [0.25, 0.3) is 0 Å². The topological polar surface area (TPSA) is 111 Å². The lowest BCUT2D eigenvalue weighted by Crippen LogP contribution is -2.46. The van der Waals surface area contributed by atoms with E-state index in [0.717, 1.165) is 6.42 Å². The molecule has 0 saturated carbocycles. The predicted octanol–water partition coefficient (Wildman–Crippen LogP) is 0.126. The minimum atomic E-state index is -1.10. The molecule has 1 amide bonds. The molecule has 0 bridgehead atoms. The Morgan fingerprint density at radius 3 is 2.55 bits per heavy atom. The van der Waals surface area contributed by atoms with E-state index < -0.39 is 18.1 Å². The second-order valence-electron chi connectivity index (χ2n) is 5.33. The Balaban J connectivity index is 3.87. The second kappa shape index (κ2) is 9.68. The fourth-order valence-corrected chi connectivity index (χ4v) is 1.54. The maximum atomic E-state index is 11.6. The highest BCUT2D eigenvalue weighted by Crippen LogP contribution is 2.09. The second-order valence-corrected chi connectivity index (χ2v) is 5.33. The molecule has 0 radical (unpaired) electrons. The van der Waals surface area contributed by atoms with Gasteiger partial charge in [-0.05, 0) is 40.2 Å². The van der Waals surface area contributed by atoms with E-state index in [-0.39, 0.29) is 18.6 Å². The van der Waals surface area contributed by atoms with Gasteiger partial charge in [0.15, 0.2) is 0 Å². The molecule has 7 nitrogen and oxygen atoms in total. The first-order chi connectivity index (χ1) is 9.26. The van der Waals surface area contributed by atoms with Crippen LogP contribution < -0.4 is 11.1 Å². The minimum Gasteiger partial charge on any atom is -0.480 e. The maximum absolute atomic E-state index is 11.6. The van der Waals surface area contributed by atoms with Gasteiger partial charge in [-0.15, -0.1) is 0 Å². The number of nitrogens with one attached hydrogen (secondary N) is 1. The molecule has 20 heavy (non-hydrogen) atoms. The molecule has 0 aromatic rings. The molecule has 0 fully saturated rings. The number of rotatable bonds is 11. The van der Waals surface area contributed by atoms with Crippen LogP contribution in [-0.2, 0) is 19.1 Å². The Morgan fingerprint density at radius 1 is 1.35 bits per heavy atom. The van der Waals surface area contributed by atoms with Gasteiger partial charge < -0.3 is 25.6 Å². The summed E-state index contributed by atoms with van der Waals surface area (Å²) in [7, 11) is 0. The van der Waals surface area contributed by atoms with Crippen molar-refractivity contribution < 1.29 is 24.2 Å². The number of hydrogen-bond donors (Lipinski definition) is 3. The summed E-state index contributed by atoms with van der Waals surface area (Å²) in [4.78, 5) is 21.8. The number of nitrogens with two attached hydrogens (primary N) is 1. The van der Waals surface area contributed by atoms with Gasteiger partial charge in [-0.1, -0.05) is 0 Å². The summed E-state index contributed by atoms with van der Waals surface area (Å²) in [5.41, 5.74) is 4.99. The van der Waals surface area contributed by atoms with Gasteiger partial charge in [0.1, 0.15) is 13.2 Å². The highest BCUT2D eigenvalue weighted by Gasteiger charge is 2.20. The molecule has 0 aliphatic heterocycles. The summed E-state index contributed by atoms with van der Waals surface area (Å²) < 4.78 is 10.3. The van der Waals surface area contributed by atoms with Crippen LogP contribution in [0.3, 0.4) is 0 Å². The molecule has 118 valence electrons. The summed E-state index contributed by atoms with van der Waals surface area (Å²) >= 11 is 0. The molecule has 1 unspecified atom stereocenters. The summed E-state index contributed by atoms with van der Waals surface area (Å²) in [5, 5.41) is 11.2. The Morgan fingerprint density at radius 2 is 2.00 bits per heavy atom. The SMILES string of the molecule is CC(CCN)OCCC(C)(C)NC(=O)COCC(=O)O. The number of ether oxygens (including phenoxy) is 2. The molecule has 0 aliphatic rings. The number of carboxylic acids is 1. The zero-order valence-electron chi connectivity index (χ0n) is 12.5. The van der Waals surface area contributed by atoms with E-state index in [2.05, 4.69) is 5.32 Å². The third-order valence-corrected chi connectivity index (χ3v) is 2.64. The first-order valence-electron chi connectivity index (χ1n) is 6.69. The lowest BCUT2D eigenvalue weighted by Gasteiger charge is -2.27. The van der Waals surface area contributed by atoms with Crippen molar-refractivity contribution in [2.75, 3.05) is 26.4 Å². The van der Waals surface area contributed by atoms with E-state index in [1.165, 1.54) is 0 Å². The minimum absolute atomic E-state index is 0.102. The first-order valence-corrected chi connectivity index (χ1v) is 6.69. The monoisotopic (exact) mass is 290 g/mol. The third kappa shape index (κ3) is 10.7. The summed E-state index contributed by atoms with van der Waals surface area (Å²) in [5.74, 6) is -1.44. The molecule has 0 saturated heterocycles. The smallest absolute Gasteiger partial charge is 0.329 e. The molecule has 0 aromatic heterocycles. The van der Waals surface area contributed by atoms with E-state index in [4.69, 9.17) is 20.3 Å². The van der Waals surface area contributed by atoms with E-state index in [0.29, 0.717) is 19.6 Å². The van der Waals surface area contributed by atoms with Gasteiger partial charge in [-0.2, -0.15) is 0 Å². The zero-order valence-corrected chi connectivity index (χ0v) is 12.5. The van der Waals surface area contributed by atoms with Crippen LogP contribution in [0.1, 0.15) is 33.6 Å². The fourth-order valence-electron chi connectivity index (χ4n) is 1.54. The molecule has 0 rings (SSSR count). The molecule has 7 heteroatoms. The van der Waals surface area contributed by atoms with Crippen LogP contribution in [0.2, 0.25) is 0 Å². The highest BCUT2D eigenvalue weighted by atomic mass is 16.5. The average Bonchev–Trinajstić information content (AvgIpc) is 2.27. The quantitative estimate of drug-likeness (QED) is 0.498. The van der Waals surface area contributed by atoms with Crippen molar-refractivity contribution >= 4 is 11.9 Å². The summed E-state index contributed by atoms with van der Waals surface area (Å²) in [6.45, 7) is 6.07. The maximum Gasteiger partial charge on any atom is 0.329 e. The lowest BCUT2D eigenvalue weighted by molar-refractivity contribution is -0.143. The van der Waals surface area contributed by atoms with Crippen LogP contribution in [0.5, 0.6) is 0 Å². The molecule has 0 aliphatic carbocycles. The normalized spacial score (nSPS) is 13.0. The van der Waals surface area contributed by atoms with Crippen LogP contribution in [0.4, 0.5) is 0 Å². The molecular formula is C13H26N2O5. The number of amides is 1. The van der Waals surface area contributed by atoms with E-state index >= 15 is 0 Å². The average molecular weight is 290 g/mol. The zero-order chi connectivity index (χ0) is 15.6. The van der Waals surface area contributed by atoms with Crippen molar-refractivity contribution in [3.05, 3.63) is 0 Å². The number of carbonyl (C=O) groups is 2. The van der Waals surface area contributed by atoms with Crippen molar-refractivity contribution in [1.29, 1.82) is 0 Å². The van der Waals surface area contributed by atoms with Crippen molar-refractivity contribution in [1.82, 2.24) is 5.32 Å². The Hall–Kier alpha value is -1.18. The number of aliphatic carboxylic acids is 1. The third-order valence-electron chi connectivity index (χ3n) is 2.64. The standard InChI is InChI=1S/C13H26N2O5/c1-10(4-6-14)20-7-5-13(2,3)15-11(16)8-19-9-12(17)18/h10H,4-9,14H2,1-3H3,(H,15,16)(H,17,18). The van der Waals surface area contributed by atoms with Gasteiger partial charge in [0.2, 0.25) is 5.91 Å². The molecule has 4 N–H and O–H groups in total.